The molecule has 0 spiro atoms. The highest BCUT2D eigenvalue weighted by Gasteiger charge is 2.46. The third kappa shape index (κ3) is 5.74. The predicted octanol–water partition coefficient (Wildman–Crippen LogP) is 13.2. The average molecular weight is 743 g/mol. The molecule has 0 aliphatic heterocycles. The number of aromatic nitrogens is 2. The van der Waals surface area contributed by atoms with Crippen molar-refractivity contribution in [3.05, 3.63) is 72.1 Å². The molecule has 0 saturated heterocycles. The van der Waals surface area contributed by atoms with E-state index in [4.69, 9.17) is 0 Å². The van der Waals surface area contributed by atoms with Crippen molar-refractivity contribution >= 4 is 38.7 Å². The van der Waals surface area contributed by atoms with Crippen molar-refractivity contribution < 1.29 is 0 Å². The van der Waals surface area contributed by atoms with Gasteiger partial charge in [0.1, 0.15) is 14.4 Å². The Kier molecular flexibility index (Phi) is 10.2. The molecule has 0 unspecified atom stereocenters. The molecule has 0 amide bonds. The zero-order valence-electron chi connectivity index (χ0n) is 28.2. The zero-order valence-corrected chi connectivity index (χ0v) is 32.3. The summed E-state index contributed by atoms with van der Waals surface area (Å²) in [5, 5.41) is 1.69. The van der Waals surface area contributed by atoms with Crippen LogP contribution in [-0.4, -0.2) is 26.1 Å². The molecule has 0 bridgehead atoms. The Morgan fingerprint density at radius 2 is 0.750 bits per heavy atom. The standard InChI is InChI=1S/C39H55Br2N2P/c1-26-22-28(3)35(29(4)23-26)42-37(40)38(41)43(36-30(5)24-27(2)25-31(36)6)39(42)44(32-16-10-7-11-17-32,33-18-12-8-13-19-33)34-20-14-9-15-21-34/h22-25,32-34H,7-21H2,1-6H3. The second-order valence-corrected chi connectivity index (χ2v) is 20.5. The van der Waals surface area contributed by atoms with E-state index < -0.39 is 6.89 Å². The summed E-state index contributed by atoms with van der Waals surface area (Å²) in [6.07, 6.45) is 21.3. The Labute approximate surface area is 284 Å². The molecule has 240 valence electrons. The first-order valence-electron chi connectivity index (χ1n) is 17.7. The van der Waals surface area contributed by atoms with Crippen molar-refractivity contribution in [3.63, 3.8) is 0 Å². The lowest BCUT2D eigenvalue weighted by Crippen LogP contribution is -2.33. The summed E-state index contributed by atoms with van der Waals surface area (Å²) >= 11 is 8.63. The number of hydrogen-bond acceptors (Lipinski definition) is 0. The predicted molar refractivity (Wildman–Crippen MR) is 200 cm³/mol. The Morgan fingerprint density at radius 1 is 0.477 bits per heavy atom. The highest BCUT2D eigenvalue weighted by Crippen LogP contribution is 2.72. The number of hydrogen-bond donors (Lipinski definition) is 0. The van der Waals surface area contributed by atoms with Crippen molar-refractivity contribution in [2.75, 3.05) is 0 Å². The van der Waals surface area contributed by atoms with E-state index in [1.165, 1.54) is 150 Å². The van der Waals surface area contributed by atoms with E-state index in [0.717, 1.165) is 17.0 Å². The monoisotopic (exact) mass is 740 g/mol. The van der Waals surface area contributed by atoms with Gasteiger partial charge in [-0.3, -0.25) is 9.13 Å². The first kappa shape index (κ1) is 33.0. The van der Waals surface area contributed by atoms with E-state index in [2.05, 4.69) is 107 Å². The van der Waals surface area contributed by atoms with Gasteiger partial charge in [-0.2, -0.15) is 0 Å². The Hall–Kier alpha value is -0.960. The van der Waals surface area contributed by atoms with Gasteiger partial charge in [-0.1, -0.05) is 100 Å². The maximum atomic E-state index is 4.31. The molecule has 5 heteroatoms. The van der Waals surface area contributed by atoms with Crippen molar-refractivity contribution in [2.45, 2.75) is 155 Å². The van der Waals surface area contributed by atoms with E-state index in [9.17, 15) is 0 Å². The number of rotatable bonds is 5. The molecule has 6 rings (SSSR count). The minimum Gasteiger partial charge on any atom is -0.287 e. The van der Waals surface area contributed by atoms with Gasteiger partial charge in [-0.25, -0.2) is 0 Å². The quantitative estimate of drug-likeness (QED) is 0.230. The molecule has 3 saturated carbocycles. The van der Waals surface area contributed by atoms with Crippen LogP contribution in [0.2, 0.25) is 0 Å². The molecule has 3 aliphatic rings. The van der Waals surface area contributed by atoms with Crippen LogP contribution in [0.4, 0.5) is 0 Å². The molecule has 1 aromatic heterocycles. The van der Waals surface area contributed by atoms with E-state index in [1.54, 1.807) is 5.20 Å². The van der Waals surface area contributed by atoms with Crippen molar-refractivity contribution in [1.29, 1.82) is 0 Å². The van der Waals surface area contributed by atoms with Gasteiger partial charge in [-0.15, -0.1) is 0 Å². The lowest BCUT2D eigenvalue weighted by molar-refractivity contribution is 0.455. The van der Waals surface area contributed by atoms with Crippen LogP contribution in [0, 0.1) is 46.7 Å². The first-order chi connectivity index (χ1) is 21.2. The second-order valence-electron chi connectivity index (χ2n) is 14.8. The molecule has 2 aromatic carbocycles. The number of halogens is 2. The summed E-state index contributed by atoms with van der Waals surface area (Å²) < 4.78 is 7.99. The minimum atomic E-state index is -1.72. The van der Waals surface area contributed by atoms with Crippen LogP contribution in [0.15, 0.2) is 33.5 Å². The van der Waals surface area contributed by atoms with E-state index in [0.29, 0.717) is 0 Å². The van der Waals surface area contributed by atoms with Gasteiger partial charge in [0.05, 0.1) is 11.4 Å². The Bertz CT molecular complexity index is 1430. The van der Waals surface area contributed by atoms with Crippen LogP contribution in [0.5, 0.6) is 0 Å². The summed E-state index contributed by atoms with van der Waals surface area (Å²) in [6.45, 7) is 12.2. The molecule has 44 heavy (non-hydrogen) atoms. The smallest absolute Gasteiger partial charge is 0.123 e. The number of nitrogens with zero attached hydrogens (tertiary/aromatic N) is 2. The van der Waals surface area contributed by atoms with Gasteiger partial charge in [0.2, 0.25) is 0 Å². The summed E-state index contributed by atoms with van der Waals surface area (Å²) in [5.41, 5.74) is 13.6. The van der Waals surface area contributed by atoms with Gasteiger partial charge >= 0.3 is 0 Å². The van der Waals surface area contributed by atoms with Crippen LogP contribution in [0.3, 0.4) is 0 Å². The lowest BCUT2D eigenvalue weighted by Gasteiger charge is -2.50. The highest BCUT2D eigenvalue weighted by atomic mass is 79.9. The normalized spacial score (nSPS) is 19.5. The molecule has 0 atom stereocenters. The fraction of sp³-hybridized carbons (Fsp3) is 0.615. The van der Waals surface area contributed by atoms with Crippen LogP contribution >= 0.6 is 38.7 Å². The third-order valence-corrected chi connectivity index (χ3v) is 19.8. The van der Waals surface area contributed by atoms with Crippen LogP contribution in [0.25, 0.3) is 11.4 Å². The summed E-state index contributed by atoms with van der Waals surface area (Å²) in [6, 6.07) is 9.67. The highest BCUT2D eigenvalue weighted by molar-refractivity contribution is 9.13. The zero-order chi connectivity index (χ0) is 31.2. The van der Waals surface area contributed by atoms with E-state index in [-0.39, 0.29) is 0 Å². The number of aryl methyl sites for hydroxylation is 6. The van der Waals surface area contributed by atoms with Crippen molar-refractivity contribution in [1.82, 2.24) is 9.13 Å². The van der Waals surface area contributed by atoms with E-state index >= 15 is 0 Å². The van der Waals surface area contributed by atoms with Crippen LogP contribution in [-0.2, 0) is 0 Å². The lowest BCUT2D eigenvalue weighted by atomic mass is 9.99. The van der Waals surface area contributed by atoms with Crippen molar-refractivity contribution in [3.8, 4) is 11.4 Å². The third-order valence-electron chi connectivity index (χ3n) is 11.6. The summed E-state index contributed by atoms with van der Waals surface area (Å²) in [7, 11) is 0. The van der Waals surface area contributed by atoms with Crippen LogP contribution in [0.1, 0.15) is 130 Å². The molecule has 2 nitrogen and oxygen atoms in total. The topological polar surface area (TPSA) is 9.86 Å². The molecule has 3 aliphatic carbocycles. The molecular weight excluding hydrogens is 687 g/mol. The molecule has 1 heterocycles. The fourth-order valence-electron chi connectivity index (χ4n) is 10.2. The SMILES string of the molecule is Cc1cc(C)c(-n2c(Br)c(Br)n(-c3c(C)cc(C)cc3C)c2=P(C2CCCCC2)(C2CCCCC2)C2CCCCC2)c(C)c1. The van der Waals surface area contributed by atoms with Gasteiger partial charge in [-0.05, 0) is 151 Å². The summed E-state index contributed by atoms with van der Waals surface area (Å²) in [5.74, 6) is 0. The van der Waals surface area contributed by atoms with Gasteiger partial charge < -0.3 is 0 Å². The number of imidazole rings is 1. The Morgan fingerprint density at radius 3 is 1.02 bits per heavy atom. The molecule has 0 radical (unpaired) electrons. The summed E-state index contributed by atoms with van der Waals surface area (Å²) in [4.78, 5) is 0. The van der Waals surface area contributed by atoms with Crippen LogP contribution < -0.4 is 0 Å². The van der Waals surface area contributed by atoms with Gasteiger partial charge in [0.25, 0.3) is 0 Å². The second kappa shape index (κ2) is 13.6. The largest absolute Gasteiger partial charge is 0.287 e. The Balaban J connectivity index is 1.92. The van der Waals surface area contributed by atoms with Crippen molar-refractivity contribution in [2.24, 2.45) is 0 Å². The first-order valence-corrected chi connectivity index (χ1v) is 21.3. The number of benzene rings is 2. The molecule has 0 N–H and O–H groups in total. The maximum absolute atomic E-state index is 4.31. The molecule has 3 aromatic rings. The fourth-order valence-corrected chi connectivity index (χ4v) is 19.0. The van der Waals surface area contributed by atoms with E-state index in [1.807, 2.05) is 0 Å². The molecule has 3 fully saturated rings. The molecular formula is C39H55Br2N2P. The van der Waals surface area contributed by atoms with Gasteiger partial charge in [0, 0.05) is 0 Å². The average Bonchev–Trinajstić information content (AvgIpc) is 3.24. The minimum absolute atomic E-state index is 0.832. The van der Waals surface area contributed by atoms with Gasteiger partial charge in [0.15, 0.2) is 0 Å². The maximum Gasteiger partial charge on any atom is 0.123 e.